The van der Waals surface area contributed by atoms with Gasteiger partial charge in [-0.05, 0) is 36.8 Å². The van der Waals surface area contributed by atoms with Crippen molar-refractivity contribution < 1.29 is 14.3 Å². The number of methoxy groups -OCH3 is 2. The van der Waals surface area contributed by atoms with Crippen molar-refractivity contribution in [2.24, 2.45) is 0 Å². The largest absolute Gasteiger partial charge is 0.497 e. The molecule has 4 heteroatoms. The van der Waals surface area contributed by atoms with E-state index in [4.69, 9.17) is 9.47 Å². The Morgan fingerprint density at radius 1 is 1.10 bits per heavy atom. The molecule has 0 saturated heterocycles. The number of anilines is 1. The van der Waals surface area contributed by atoms with Crippen LogP contribution in [0.3, 0.4) is 0 Å². The highest BCUT2D eigenvalue weighted by atomic mass is 16.5. The number of rotatable bonds is 5. The first kappa shape index (κ1) is 14.9. The maximum Gasteiger partial charge on any atom is 0.332 e. The summed E-state index contributed by atoms with van der Waals surface area (Å²) in [7, 11) is 3.01. The maximum atomic E-state index is 12.0. The molecule has 0 spiro atoms. The molecule has 1 atom stereocenters. The van der Waals surface area contributed by atoms with Gasteiger partial charge in [0.05, 0.1) is 14.2 Å². The molecule has 2 aromatic rings. The average molecular weight is 285 g/mol. The Morgan fingerprint density at radius 2 is 1.81 bits per heavy atom. The highest BCUT2D eigenvalue weighted by Gasteiger charge is 2.21. The van der Waals surface area contributed by atoms with Crippen LogP contribution in [0.2, 0.25) is 0 Å². The molecule has 0 aliphatic carbocycles. The number of carbonyl (C=O) groups excluding carboxylic acids is 1. The van der Waals surface area contributed by atoms with Crippen LogP contribution >= 0.6 is 0 Å². The van der Waals surface area contributed by atoms with Gasteiger partial charge in [0.2, 0.25) is 0 Å². The number of esters is 1. The Bertz CT molecular complexity index is 608. The highest BCUT2D eigenvalue weighted by Crippen LogP contribution is 2.23. The van der Waals surface area contributed by atoms with Crippen molar-refractivity contribution in [3.8, 4) is 5.75 Å². The third-order valence-electron chi connectivity index (χ3n) is 3.21. The molecule has 0 saturated carbocycles. The SMILES string of the molecule is COC(=O)C(Nc1ccc(OC)cc1)c1cccc(C)c1. The minimum absolute atomic E-state index is 0.323. The predicted octanol–water partition coefficient (Wildman–Crippen LogP) is 3.33. The minimum atomic E-state index is -0.539. The smallest absolute Gasteiger partial charge is 0.332 e. The van der Waals surface area contributed by atoms with Gasteiger partial charge in [0.15, 0.2) is 6.04 Å². The van der Waals surface area contributed by atoms with Crippen molar-refractivity contribution in [3.05, 3.63) is 59.7 Å². The monoisotopic (exact) mass is 285 g/mol. The average Bonchev–Trinajstić information content (AvgIpc) is 2.52. The van der Waals surface area contributed by atoms with Gasteiger partial charge in [0.1, 0.15) is 5.75 Å². The van der Waals surface area contributed by atoms with Gasteiger partial charge >= 0.3 is 5.97 Å². The van der Waals surface area contributed by atoms with Crippen LogP contribution in [0.25, 0.3) is 0 Å². The fraction of sp³-hybridized carbons (Fsp3) is 0.235. The van der Waals surface area contributed by atoms with Crippen LogP contribution < -0.4 is 10.1 Å². The molecule has 0 aliphatic rings. The summed E-state index contributed by atoms with van der Waals surface area (Å²) in [5.74, 6) is 0.446. The fourth-order valence-corrected chi connectivity index (χ4v) is 2.10. The van der Waals surface area contributed by atoms with Crippen molar-refractivity contribution in [1.29, 1.82) is 0 Å². The van der Waals surface area contributed by atoms with E-state index in [9.17, 15) is 4.79 Å². The summed E-state index contributed by atoms with van der Waals surface area (Å²) >= 11 is 0. The number of carbonyl (C=O) groups is 1. The summed E-state index contributed by atoms with van der Waals surface area (Å²) < 4.78 is 10.0. The van der Waals surface area contributed by atoms with Crippen molar-refractivity contribution in [1.82, 2.24) is 0 Å². The molecule has 2 rings (SSSR count). The molecule has 0 bridgehead atoms. The molecule has 1 unspecified atom stereocenters. The number of ether oxygens (including phenoxy) is 2. The van der Waals surface area contributed by atoms with Gasteiger partial charge in [-0.3, -0.25) is 0 Å². The summed E-state index contributed by atoms with van der Waals surface area (Å²) in [6.07, 6.45) is 0. The second-order valence-corrected chi connectivity index (χ2v) is 4.74. The second-order valence-electron chi connectivity index (χ2n) is 4.74. The van der Waals surface area contributed by atoms with Gasteiger partial charge in [-0.15, -0.1) is 0 Å². The Labute approximate surface area is 124 Å². The summed E-state index contributed by atoms with van der Waals surface area (Å²) in [4.78, 5) is 12.0. The van der Waals surface area contributed by atoms with Crippen molar-refractivity contribution in [2.75, 3.05) is 19.5 Å². The zero-order chi connectivity index (χ0) is 15.2. The van der Waals surface area contributed by atoms with Crippen LogP contribution in [0.4, 0.5) is 5.69 Å². The van der Waals surface area contributed by atoms with E-state index in [1.54, 1.807) is 7.11 Å². The lowest BCUT2D eigenvalue weighted by Gasteiger charge is -2.18. The zero-order valence-electron chi connectivity index (χ0n) is 12.4. The number of benzene rings is 2. The molecule has 0 fully saturated rings. The maximum absolute atomic E-state index is 12.0. The molecular formula is C17H19NO3. The second kappa shape index (κ2) is 6.79. The first-order valence-electron chi connectivity index (χ1n) is 6.69. The first-order chi connectivity index (χ1) is 10.1. The van der Waals surface area contributed by atoms with Gasteiger partial charge in [-0.2, -0.15) is 0 Å². The van der Waals surface area contributed by atoms with Crippen LogP contribution in [0.5, 0.6) is 5.75 Å². The normalized spacial score (nSPS) is 11.6. The predicted molar refractivity (Wildman–Crippen MR) is 82.6 cm³/mol. The molecule has 0 aromatic heterocycles. The molecule has 4 nitrogen and oxygen atoms in total. The van der Waals surface area contributed by atoms with Crippen molar-refractivity contribution in [2.45, 2.75) is 13.0 Å². The van der Waals surface area contributed by atoms with Crippen molar-refractivity contribution in [3.63, 3.8) is 0 Å². The third-order valence-corrected chi connectivity index (χ3v) is 3.21. The molecule has 2 aromatic carbocycles. The van der Waals surface area contributed by atoms with Crippen LogP contribution in [0, 0.1) is 6.92 Å². The van der Waals surface area contributed by atoms with Gasteiger partial charge in [-0.25, -0.2) is 4.79 Å². The van der Waals surface area contributed by atoms with Gasteiger partial charge in [0.25, 0.3) is 0 Å². The highest BCUT2D eigenvalue weighted by molar-refractivity contribution is 5.81. The number of hydrogen-bond acceptors (Lipinski definition) is 4. The van der Waals surface area contributed by atoms with Gasteiger partial charge in [0, 0.05) is 5.69 Å². The van der Waals surface area contributed by atoms with Gasteiger partial charge < -0.3 is 14.8 Å². The Hall–Kier alpha value is -2.49. The van der Waals surface area contributed by atoms with E-state index < -0.39 is 6.04 Å². The van der Waals surface area contributed by atoms with E-state index in [1.165, 1.54) is 7.11 Å². The number of nitrogens with one attached hydrogen (secondary N) is 1. The van der Waals surface area contributed by atoms with E-state index >= 15 is 0 Å². The van der Waals surface area contributed by atoms with Crippen LogP contribution in [0.1, 0.15) is 17.2 Å². The molecule has 0 aliphatic heterocycles. The minimum Gasteiger partial charge on any atom is -0.497 e. The molecule has 0 amide bonds. The molecule has 21 heavy (non-hydrogen) atoms. The van der Waals surface area contributed by atoms with Crippen LogP contribution in [-0.2, 0) is 9.53 Å². The van der Waals surface area contributed by atoms with E-state index in [-0.39, 0.29) is 5.97 Å². The van der Waals surface area contributed by atoms with Crippen LogP contribution in [0.15, 0.2) is 48.5 Å². The molecule has 0 radical (unpaired) electrons. The van der Waals surface area contributed by atoms with E-state index in [0.717, 1.165) is 22.6 Å². The summed E-state index contributed by atoms with van der Waals surface area (Å²) in [5, 5.41) is 3.19. The lowest BCUT2D eigenvalue weighted by molar-refractivity contribution is -0.141. The Balaban J connectivity index is 2.26. The first-order valence-corrected chi connectivity index (χ1v) is 6.69. The molecule has 1 N–H and O–H groups in total. The third kappa shape index (κ3) is 3.75. The molecule has 0 heterocycles. The Morgan fingerprint density at radius 3 is 2.38 bits per heavy atom. The standard InChI is InChI=1S/C17H19NO3/c1-12-5-4-6-13(11-12)16(17(19)21-3)18-14-7-9-15(20-2)10-8-14/h4-11,16,18H,1-3H3. The zero-order valence-corrected chi connectivity index (χ0v) is 12.4. The molecule has 110 valence electrons. The quantitative estimate of drug-likeness (QED) is 0.856. The van der Waals surface area contributed by atoms with E-state index in [2.05, 4.69) is 5.32 Å². The van der Waals surface area contributed by atoms with Gasteiger partial charge in [-0.1, -0.05) is 29.8 Å². The summed E-state index contributed by atoms with van der Waals surface area (Å²) in [5.41, 5.74) is 2.79. The van der Waals surface area contributed by atoms with Crippen molar-refractivity contribution >= 4 is 11.7 Å². The number of hydrogen-bond donors (Lipinski definition) is 1. The summed E-state index contributed by atoms with van der Waals surface area (Å²) in [6, 6.07) is 14.7. The lowest BCUT2D eigenvalue weighted by atomic mass is 10.0. The topological polar surface area (TPSA) is 47.6 Å². The lowest BCUT2D eigenvalue weighted by Crippen LogP contribution is -2.22. The Kier molecular flexibility index (Phi) is 4.82. The fourth-order valence-electron chi connectivity index (χ4n) is 2.10. The molecular weight excluding hydrogens is 266 g/mol. The van der Waals surface area contributed by atoms with Crippen LogP contribution in [-0.4, -0.2) is 20.2 Å². The number of aryl methyl sites for hydroxylation is 1. The van der Waals surface area contributed by atoms with E-state index in [0.29, 0.717) is 0 Å². The van der Waals surface area contributed by atoms with E-state index in [1.807, 2.05) is 55.5 Å². The summed E-state index contributed by atoms with van der Waals surface area (Å²) in [6.45, 7) is 1.99.